The fourth-order valence-corrected chi connectivity index (χ4v) is 3.86. The Kier molecular flexibility index (Phi) is 4.58. The third-order valence-corrected chi connectivity index (χ3v) is 5.16. The molecule has 2 heterocycles. The topological polar surface area (TPSA) is 16.1 Å². The Bertz CT molecular complexity index is 570. The maximum absolute atomic E-state index is 4.73. The third kappa shape index (κ3) is 3.33. The van der Waals surface area contributed by atoms with Crippen molar-refractivity contribution in [2.75, 3.05) is 19.3 Å². The van der Waals surface area contributed by atoms with Crippen LogP contribution in [0.4, 0.5) is 0 Å². The van der Waals surface area contributed by atoms with Crippen LogP contribution < -0.4 is 0 Å². The number of thioether (sulfide) groups is 1. The van der Waals surface area contributed by atoms with E-state index in [1.54, 1.807) is 0 Å². The molecule has 0 saturated carbocycles. The number of pyridine rings is 1. The Morgan fingerprint density at radius 3 is 3.00 bits per heavy atom. The molecule has 1 saturated heterocycles. The molecule has 1 aromatic heterocycles. The molecule has 106 valence electrons. The summed E-state index contributed by atoms with van der Waals surface area (Å²) in [7, 11) is 2.27. The van der Waals surface area contributed by atoms with Crippen molar-refractivity contribution in [1.29, 1.82) is 0 Å². The first-order chi connectivity index (χ1) is 9.83. The van der Waals surface area contributed by atoms with E-state index in [2.05, 4.69) is 48.3 Å². The van der Waals surface area contributed by atoms with E-state index in [9.17, 15) is 0 Å². The van der Waals surface area contributed by atoms with Crippen LogP contribution in [-0.2, 0) is 0 Å². The molecule has 1 unspecified atom stereocenters. The summed E-state index contributed by atoms with van der Waals surface area (Å²) in [5, 5.41) is 2.38. The van der Waals surface area contributed by atoms with Crippen LogP contribution in [0.3, 0.4) is 0 Å². The van der Waals surface area contributed by atoms with Crippen molar-refractivity contribution in [3.05, 3.63) is 36.4 Å². The Morgan fingerprint density at radius 2 is 2.10 bits per heavy atom. The van der Waals surface area contributed by atoms with Crippen molar-refractivity contribution in [1.82, 2.24) is 9.88 Å². The second-order valence-corrected chi connectivity index (χ2v) is 6.72. The van der Waals surface area contributed by atoms with E-state index in [1.165, 1.54) is 43.4 Å². The first-order valence-electron chi connectivity index (χ1n) is 7.52. The number of rotatable bonds is 4. The van der Waals surface area contributed by atoms with Crippen LogP contribution in [0.15, 0.2) is 41.4 Å². The van der Waals surface area contributed by atoms with Crippen molar-refractivity contribution in [3.63, 3.8) is 0 Å². The highest BCUT2D eigenvalue weighted by Gasteiger charge is 2.18. The maximum atomic E-state index is 4.73. The maximum Gasteiger partial charge on any atom is 0.0967 e. The largest absolute Gasteiger partial charge is 0.303 e. The predicted molar refractivity (Wildman–Crippen MR) is 87.4 cm³/mol. The van der Waals surface area contributed by atoms with Crippen molar-refractivity contribution in [2.45, 2.75) is 36.8 Å². The van der Waals surface area contributed by atoms with E-state index in [1.807, 2.05) is 11.8 Å². The molecule has 2 aromatic rings. The Morgan fingerprint density at radius 1 is 1.20 bits per heavy atom. The number of hydrogen-bond donors (Lipinski definition) is 0. The van der Waals surface area contributed by atoms with Gasteiger partial charge < -0.3 is 4.90 Å². The molecule has 0 radical (unpaired) electrons. The van der Waals surface area contributed by atoms with Crippen molar-refractivity contribution >= 4 is 22.7 Å². The molecule has 0 bridgehead atoms. The van der Waals surface area contributed by atoms with Gasteiger partial charge in [0.25, 0.3) is 0 Å². The molecule has 20 heavy (non-hydrogen) atoms. The first-order valence-corrected chi connectivity index (χ1v) is 8.50. The highest BCUT2D eigenvalue weighted by molar-refractivity contribution is 7.99. The number of nitrogens with zero attached hydrogens (tertiary/aromatic N) is 2. The number of hydrogen-bond acceptors (Lipinski definition) is 3. The van der Waals surface area contributed by atoms with Gasteiger partial charge in [0.15, 0.2) is 0 Å². The fourth-order valence-electron chi connectivity index (χ4n) is 2.94. The molecule has 3 heteroatoms. The summed E-state index contributed by atoms with van der Waals surface area (Å²) >= 11 is 1.89. The van der Waals surface area contributed by atoms with Gasteiger partial charge in [0, 0.05) is 17.2 Å². The van der Waals surface area contributed by atoms with Crippen molar-refractivity contribution in [2.24, 2.45) is 0 Å². The van der Waals surface area contributed by atoms with Gasteiger partial charge >= 0.3 is 0 Å². The highest BCUT2D eigenvalue weighted by atomic mass is 32.2. The number of piperidine rings is 1. The lowest BCUT2D eigenvalue weighted by Gasteiger charge is -2.32. The molecule has 0 amide bonds. The molecule has 0 spiro atoms. The van der Waals surface area contributed by atoms with Gasteiger partial charge in [-0.15, -0.1) is 11.8 Å². The van der Waals surface area contributed by atoms with Gasteiger partial charge in [0.1, 0.15) is 0 Å². The minimum Gasteiger partial charge on any atom is -0.303 e. The molecule has 1 fully saturated rings. The summed E-state index contributed by atoms with van der Waals surface area (Å²) in [6.07, 6.45) is 5.40. The van der Waals surface area contributed by atoms with E-state index < -0.39 is 0 Å². The van der Waals surface area contributed by atoms with Gasteiger partial charge in [-0.05, 0) is 45.0 Å². The lowest BCUT2D eigenvalue weighted by molar-refractivity contribution is 0.182. The lowest BCUT2D eigenvalue weighted by Crippen LogP contribution is -2.36. The zero-order valence-corrected chi connectivity index (χ0v) is 12.9. The van der Waals surface area contributed by atoms with Crippen LogP contribution in [0.2, 0.25) is 0 Å². The number of fused-ring (bicyclic) bond motifs is 1. The number of benzene rings is 1. The van der Waals surface area contributed by atoms with Crippen LogP contribution in [0, 0.1) is 0 Å². The van der Waals surface area contributed by atoms with Crippen LogP contribution in [-0.4, -0.2) is 35.3 Å². The molecular weight excluding hydrogens is 264 g/mol. The SMILES string of the molecule is CN1CCCCC1CCSc1ccc2ccccc2n1. The summed E-state index contributed by atoms with van der Waals surface area (Å²) in [5.74, 6) is 1.17. The van der Waals surface area contributed by atoms with Gasteiger partial charge in [-0.25, -0.2) is 4.98 Å². The molecule has 3 rings (SSSR count). The van der Waals surface area contributed by atoms with Gasteiger partial charge in [-0.3, -0.25) is 0 Å². The van der Waals surface area contributed by atoms with E-state index >= 15 is 0 Å². The van der Waals surface area contributed by atoms with Crippen molar-refractivity contribution in [3.8, 4) is 0 Å². The molecule has 0 aliphatic carbocycles. The van der Waals surface area contributed by atoms with Crippen molar-refractivity contribution < 1.29 is 0 Å². The molecular formula is C17H22N2S. The Hall–Kier alpha value is -1.06. The zero-order chi connectivity index (χ0) is 13.8. The number of aromatic nitrogens is 1. The summed E-state index contributed by atoms with van der Waals surface area (Å²) in [4.78, 5) is 7.25. The minimum atomic E-state index is 0.775. The van der Waals surface area contributed by atoms with Gasteiger partial charge in [0.05, 0.1) is 10.5 Å². The van der Waals surface area contributed by atoms with E-state index in [0.29, 0.717) is 0 Å². The van der Waals surface area contributed by atoms with E-state index in [0.717, 1.165) is 16.6 Å². The van der Waals surface area contributed by atoms with E-state index in [4.69, 9.17) is 4.98 Å². The molecule has 0 N–H and O–H groups in total. The Balaban J connectivity index is 1.56. The fraction of sp³-hybridized carbons (Fsp3) is 0.471. The second kappa shape index (κ2) is 6.59. The predicted octanol–water partition coefficient (Wildman–Crippen LogP) is 4.20. The van der Waals surface area contributed by atoms with Gasteiger partial charge in [0.2, 0.25) is 0 Å². The molecule has 1 aliphatic rings. The van der Waals surface area contributed by atoms with Crippen LogP contribution >= 0.6 is 11.8 Å². The second-order valence-electron chi connectivity index (χ2n) is 5.61. The zero-order valence-electron chi connectivity index (χ0n) is 12.1. The smallest absolute Gasteiger partial charge is 0.0967 e. The third-order valence-electron chi connectivity index (χ3n) is 4.20. The lowest BCUT2D eigenvalue weighted by atomic mass is 10.0. The quantitative estimate of drug-likeness (QED) is 0.784. The number of likely N-dealkylation sites (tertiary alicyclic amines) is 1. The summed E-state index contributed by atoms with van der Waals surface area (Å²) < 4.78 is 0. The number of para-hydroxylation sites is 1. The Labute approximate surface area is 125 Å². The van der Waals surface area contributed by atoms with Gasteiger partial charge in [-0.1, -0.05) is 30.7 Å². The first kappa shape index (κ1) is 13.9. The monoisotopic (exact) mass is 286 g/mol. The summed E-state index contributed by atoms with van der Waals surface area (Å²) in [5.41, 5.74) is 1.10. The average Bonchev–Trinajstić information content (AvgIpc) is 2.49. The van der Waals surface area contributed by atoms with Crippen LogP contribution in [0.1, 0.15) is 25.7 Å². The molecule has 1 aromatic carbocycles. The van der Waals surface area contributed by atoms with Gasteiger partial charge in [-0.2, -0.15) is 0 Å². The minimum absolute atomic E-state index is 0.775. The summed E-state index contributed by atoms with van der Waals surface area (Å²) in [6, 6.07) is 13.4. The summed E-state index contributed by atoms with van der Waals surface area (Å²) in [6.45, 7) is 1.27. The molecule has 2 nitrogen and oxygen atoms in total. The van der Waals surface area contributed by atoms with Crippen LogP contribution in [0.25, 0.3) is 10.9 Å². The highest BCUT2D eigenvalue weighted by Crippen LogP contribution is 2.24. The molecule has 1 aliphatic heterocycles. The van der Waals surface area contributed by atoms with E-state index in [-0.39, 0.29) is 0 Å². The standard InChI is InChI=1S/C17H22N2S/c1-19-12-5-4-7-15(19)11-13-20-17-10-9-14-6-2-3-8-16(14)18-17/h2-3,6,8-10,15H,4-5,7,11-13H2,1H3. The molecule has 1 atom stereocenters. The normalized spacial score (nSPS) is 20.4. The van der Waals surface area contributed by atoms with Crippen LogP contribution in [0.5, 0.6) is 0 Å². The average molecular weight is 286 g/mol.